The number of carbonyl (C=O) groups is 3. The van der Waals surface area contributed by atoms with Crippen molar-refractivity contribution in [2.45, 2.75) is 57.3 Å². The van der Waals surface area contributed by atoms with E-state index < -0.39 is 6.04 Å². The molecular weight excluding hydrogens is 344 g/mol. The molecule has 2 heterocycles. The predicted molar refractivity (Wildman–Crippen MR) is 99.5 cm³/mol. The highest BCUT2D eigenvalue weighted by atomic mass is 16.2. The summed E-state index contributed by atoms with van der Waals surface area (Å²) in [5.41, 5.74) is 8.52. The van der Waals surface area contributed by atoms with Crippen LogP contribution in [-0.4, -0.2) is 41.2 Å². The Kier molecular flexibility index (Phi) is 4.97. The number of hydrogen-bond acceptors (Lipinski definition) is 5. The van der Waals surface area contributed by atoms with E-state index in [1.807, 2.05) is 18.2 Å². The van der Waals surface area contributed by atoms with Gasteiger partial charge in [-0.1, -0.05) is 18.6 Å². The summed E-state index contributed by atoms with van der Waals surface area (Å²) in [5, 5.41) is 5.92. The van der Waals surface area contributed by atoms with Crippen molar-refractivity contribution in [2.75, 3.05) is 6.54 Å². The summed E-state index contributed by atoms with van der Waals surface area (Å²) >= 11 is 0. The molecule has 2 aliphatic heterocycles. The third-order valence-electron chi connectivity index (χ3n) is 6.12. The summed E-state index contributed by atoms with van der Waals surface area (Å²) in [5.74, 6) is -0.231. The molecule has 27 heavy (non-hydrogen) atoms. The van der Waals surface area contributed by atoms with E-state index in [4.69, 9.17) is 5.73 Å². The summed E-state index contributed by atoms with van der Waals surface area (Å²) < 4.78 is 0. The Morgan fingerprint density at radius 3 is 2.81 bits per heavy atom. The smallest absolute Gasteiger partial charge is 0.255 e. The Hall–Kier alpha value is -2.25. The lowest BCUT2D eigenvalue weighted by atomic mass is 10.0. The second-order valence-electron chi connectivity index (χ2n) is 7.81. The van der Waals surface area contributed by atoms with Gasteiger partial charge in [0.05, 0.1) is 0 Å². The van der Waals surface area contributed by atoms with Crippen molar-refractivity contribution in [3.05, 3.63) is 34.9 Å². The first-order chi connectivity index (χ1) is 13.1. The van der Waals surface area contributed by atoms with Crippen molar-refractivity contribution in [1.29, 1.82) is 0 Å². The molecule has 4 N–H and O–H groups in total. The number of imide groups is 1. The third kappa shape index (κ3) is 3.49. The van der Waals surface area contributed by atoms with E-state index in [2.05, 4.69) is 10.6 Å². The lowest BCUT2D eigenvalue weighted by Gasteiger charge is -2.29. The van der Waals surface area contributed by atoms with Crippen molar-refractivity contribution >= 4 is 17.7 Å². The van der Waals surface area contributed by atoms with Crippen molar-refractivity contribution < 1.29 is 14.4 Å². The minimum atomic E-state index is -0.562. The Balaban J connectivity index is 1.43. The molecule has 3 amide bonds. The molecule has 0 bridgehead atoms. The number of nitrogens with two attached hydrogens (primary N) is 1. The van der Waals surface area contributed by atoms with Crippen LogP contribution in [-0.2, 0) is 22.7 Å². The summed E-state index contributed by atoms with van der Waals surface area (Å²) in [6.07, 6.45) is 4.20. The zero-order valence-corrected chi connectivity index (χ0v) is 15.4. The van der Waals surface area contributed by atoms with Crippen LogP contribution in [0.25, 0.3) is 0 Å². The molecule has 4 rings (SSSR count). The lowest BCUT2D eigenvalue weighted by Crippen LogP contribution is -2.52. The van der Waals surface area contributed by atoms with E-state index >= 15 is 0 Å². The molecule has 1 aliphatic carbocycles. The standard InChI is InChI=1S/C20H26N4O3/c21-9-13-2-1-3-16(13)22-10-12-4-5-14-11-24(20(27)15(14)8-12)17-6-7-18(25)23-19(17)26/h4-5,8,13,16-17,22H,1-3,6-7,9-11,21H2,(H,23,25,26). The molecule has 7 heteroatoms. The van der Waals surface area contributed by atoms with Gasteiger partial charge in [-0.3, -0.25) is 19.7 Å². The van der Waals surface area contributed by atoms with Crippen molar-refractivity contribution in [1.82, 2.24) is 15.5 Å². The van der Waals surface area contributed by atoms with Crippen LogP contribution < -0.4 is 16.4 Å². The van der Waals surface area contributed by atoms with E-state index in [-0.39, 0.29) is 24.1 Å². The third-order valence-corrected chi connectivity index (χ3v) is 6.12. The normalized spacial score (nSPS) is 27.8. The molecule has 1 saturated heterocycles. The van der Waals surface area contributed by atoms with Crippen LogP contribution in [0.3, 0.4) is 0 Å². The Morgan fingerprint density at radius 1 is 1.19 bits per heavy atom. The van der Waals surface area contributed by atoms with Crippen LogP contribution in [0.1, 0.15) is 53.6 Å². The highest BCUT2D eigenvalue weighted by Crippen LogP contribution is 2.29. The molecule has 3 atom stereocenters. The number of amides is 3. The number of hydrogen-bond donors (Lipinski definition) is 3. The Bertz CT molecular complexity index is 778. The van der Waals surface area contributed by atoms with Gasteiger partial charge in [-0.25, -0.2) is 0 Å². The maximum Gasteiger partial charge on any atom is 0.255 e. The number of carbonyl (C=O) groups excluding carboxylic acids is 3. The van der Waals surface area contributed by atoms with E-state index in [1.165, 1.54) is 12.8 Å². The van der Waals surface area contributed by atoms with Crippen LogP contribution in [0.5, 0.6) is 0 Å². The van der Waals surface area contributed by atoms with Gasteiger partial charge < -0.3 is 16.0 Å². The molecule has 0 spiro atoms. The largest absolute Gasteiger partial charge is 0.330 e. The SMILES string of the molecule is NCC1CCCC1NCc1ccc2c(c1)C(=O)N(C1CCC(=O)NC1=O)C2. The molecule has 3 aliphatic rings. The number of piperidine rings is 1. The molecule has 7 nitrogen and oxygen atoms in total. The topological polar surface area (TPSA) is 105 Å². The number of rotatable bonds is 5. The fourth-order valence-electron chi connectivity index (χ4n) is 4.55. The van der Waals surface area contributed by atoms with Gasteiger partial charge in [-0.05, 0) is 48.9 Å². The zero-order valence-electron chi connectivity index (χ0n) is 15.4. The first-order valence-corrected chi connectivity index (χ1v) is 9.76. The van der Waals surface area contributed by atoms with Gasteiger partial charge in [0.15, 0.2) is 0 Å². The van der Waals surface area contributed by atoms with Crippen LogP contribution in [0.2, 0.25) is 0 Å². The quantitative estimate of drug-likeness (QED) is 0.661. The summed E-state index contributed by atoms with van der Waals surface area (Å²) in [7, 11) is 0. The predicted octanol–water partition coefficient (Wildman–Crippen LogP) is 0.665. The molecule has 1 saturated carbocycles. The average molecular weight is 370 g/mol. The first kappa shape index (κ1) is 18.1. The first-order valence-electron chi connectivity index (χ1n) is 9.76. The summed E-state index contributed by atoms with van der Waals surface area (Å²) in [4.78, 5) is 37.9. The summed E-state index contributed by atoms with van der Waals surface area (Å²) in [6, 6.07) is 5.83. The second kappa shape index (κ2) is 7.40. The molecule has 1 aromatic carbocycles. The Morgan fingerprint density at radius 2 is 2.04 bits per heavy atom. The van der Waals surface area contributed by atoms with Crippen molar-refractivity contribution in [3.63, 3.8) is 0 Å². The maximum absolute atomic E-state index is 12.9. The van der Waals surface area contributed by atoms with Gasteiger partial charge in [0.1, 0.15) is 6.04 Å². The van der Waals surface area contributed by atoms with Crippen molar-refractivity contribution in [2.24, 2.45) is 11.7 Å². The minimum absolute atomic E-state index is 0.123. The van der Waals surface area contributed by atoms with E-state index in [0.29, 0.717) is 43.6 Å². The summed E-state index contributed by atoms with van der Waals surface area (Å²) in [6.45, 7) is 1.84. The van der Waals surface area contributed by atoms with Gasteiger partial charge in [-0.2, -0.15) is 0 Å². The lowest BCUT2D eigenvalue weighted by molar-refractivity contribution is -0.136. The van der Waals surface area contributed by atoms with E-state index in [0.717, 1.165) is 17.5 Å². The van der Waals surface area contributed by atoms with Crippen LogP contribution >= 0.6 is 0 Å². The number of nitrogens with one attached hydrogen (secondary N) is 2. The van der Waals surface area contributed by atoms with Crippen LogP contribution in [0.4, 0.5) is 0 Å². The van der Waals surface area contributed by atoms with E-state index in [9.17, 15) is 14.4 Å². The number of nitrogens with zero attached hydrogens (tertiary/aromatic N) is 1. The molecular formula is C20H26N4O3. The maximum atomic E-state index is 12.9. The van der Waals surface area contributed by atoms with E-state index in [1.54, 1.807) is 4.90 Å². The molecule has 1 aromatic rings. The Labute approximate surface area is 158 Å². The molecule has 3 unspecified atom stereocenters. The van der Waals surface area contributed by atoms with Crippen LogP contribution in [0.15, 0.2) is 18.2 Å². The highest BCUT2D eigenvalue weighted by molar-refractivity contribution is 6.05. The fraction of sp³-hybridized carbons (Fsp3) is 0.550. The van der Waals surface area contributed by atoms with Crippen LogP contribution in [0, 0.1) is 5.92 Å². The van der Waals surface area contributed by atoms with Gasteiger partial charge >= 0.3 is 0 Å². The average Bonchev–Trinajstić information content (AvgIpc) is 3.24. The minimum Gasteiger partial charge on any atom is -0.330 e. The molecule has 2 fully saturated rings. The van der Waals surface area contributed by atoms with Gasteiger partial charge in [0.25, 0.3) is 5.91 Å². The number of benzene rings is 1. The van der Waals surface area contributed by atoms with Gasteiger partial charge in [0, 0.05) is 31.1 Å². The highest BCUT2D eigenvalue weighted by Gasteiger charge is 2.39. The molecule has 0 radical (unpaired) electrons. The van der Waals surface area contributed by atoms with Crippen molar-refractivity contribution in [3.8, 4) is 0 Å². The fourth-order valence-corrected chi connectivity index (χ4v) is 4.55. The monoisotopic (exact) mass is 370 g/mol. The molecule has 144 valence electrons. The van der Waals surface area contributed by atoms with Gasteiger partial charge in [-0.15, -0.1) is 0 Å². The van der Waals surface area contributed by atoms with Gasteiger partial charge in [0.2, 0.25) is 11.8 Å². The molecule has 0 aromatic heterocycles. The number of fused-ring (bicyclic) bond motifs is 1. The second-order valence-corrected chi connectivity index (χ2v) is 7.81. The zero-order chi connectivity index (χ0) is 19.0.